The first-order valence-electron chi connectivity index (χ1n) is 13.8. The van der Waals surface area contributed by atoms with Crippen molar-refractivity contribution in [3.8, 4) is 11.1 Å². The number of hydrogen-bond acceptors (Lipinski definition) is 6. The van der Waals surface area contributed by atoms with Crippen molar-refractivity contribution in [2.45, 2.75) is 42.7 Å². The zero-order valence-electron chi connectivity index (χ0n) is 22.1. The number of hydrogen-bond donors (Lipinski definition) is 2. The number of amides is 1. The minimum absolute atomic E-state index is 0.140. The van der Waals surface area contributed by atoms with Crippen LogP contribution in [-0.2, 0) is 14.8 Å². The lowest BCUT2D eigenvalue weighted by Crippen LogP contribution is -2.48. The van der Waals surface area contributed by atoms with Gasteiger partial charge in [0.05, 0.1) is 4.90 Å². The molecule has 2 saturated heterocycles. The predicted molar refractivity (Wildman–Crippen MR) is 151 cm³/mol. The fraction of sp³-hybridized carbons (Fsp3) is 0.367. The quantitative estimate of drug-likeness (QED) is 0.344. The summed E-state index contributed by atoms with van der Waals surface area (Å²) in [6.45, 7) is 3.42. The molecule has 10 heteroatoms. The van der Waals surface area contributed by atoms with Crippen molar-refractivity contribution < 1.29 is 22.8 Å². The number of nitrogens with zero attached hydrogens (tertiary/aromatic N) is 3. The summed E-state index contributed by atoms with van der Waals surface area (Å²) in [5.74, 6) is -0.763. The molecule has 0 bridgehead atoms. The average Bonchev–Trinajstić information content (AvgIpc) is 3.59. The Morgan fingerprint density at radius 2 is 1.32 bits per heavy atom. The molecule has 3 aliphatic rings. The summed E-state index contributed by atoms with van der Waals surface area (Å²) in [6.07, 6.45) is 2.99. The van der Waals surface area contributed by atoms with Crippen LogP contribution in [0.15, 0.2) is 77.7 Å². The maximum absolute atomic E-state index is 13.6. The van der Waals surface area contributed by atoms with Gasteiger partial charge in [0.15, 0.2) is 0 Å². The first-order valence-corrected chi connectivity index (χ1v) is 15.2. The number of rotatable bonds is 6. The van der Waals surface area contributed by atoms with Crippen molar-refractivity contribution in [3.05, 3.63) is 78.6 Å². The summed E-state index contributed by atoms with van der Waals surface area (Å²) >= 11 is 0. The third-order valence-corrected chi connectivity index (χ3v) is 10.6. The van der Waals surface area contributed by atoms with Crippen molar-refractivity contribution in [1.82, 2.24) is 9.79 Å². The van der Waals surface area contributed by atoms with Crippen LogP contribution in [0.25, 0.3) is 11.1 Å². The van der Waals surface area contributed by atoms with Gasteiger partial charge in [-0.15, -0.1) is 0 Å². The van der Waals surface area contributed by atoms with Gasteiger partial charge in [-0.3, -0.25) is 10.0 Å². The van der Waals surface area contributed by atoms with E-state index in [4.69, 9.17) is 0 Å². The first kappa shape index (κ1) is 26.7. The Balaban J connectivity index is 1.14. The monoisotopic (exact) mass is 564 g/mol. The second kappa shape index (κ2) is 10.8. The molecule has 2 heterocycles. The number of carbonyl (C=O) groups is 1. The Kier molecular flexibility index (Phi) is 7.24. The molecule has 1 aliphatic carbocycles. The van der Waals surface area contributed by atoms with Gasteiger partial charge in [0, 0.05) is 43.6 Å². The molecule has 0 spiro atoms. The van der Waals surface area contributed by atoms with E-state index in [0.29, 0.717) is 6.42 Å². The van der Waals surface area contributed by atoms with E-state index in [1.165, 1.54) is 16.4 Å². The van der Waals surface area contributed by atoms with Gasteiger partial charge in [-0.05, 0) is 84.8 Å². The molecule has 0 radical (unpaired) electrons. The topological polar surface area (TPSA) is 93.2 Å². The maximum atomic E-state index is 13.6. The van der Waals surface area contributed by atoms with Gasteiger partial charge >= 0.3 is 0 Å². The van der Waals surface area contributed by atoms with Crippen LogP contribution < -0.4 is 15.3 Å². The summed E-state index contributed by atoms with van der Waals surface area (Å²) in [7, 11) is -3.91. The van der Waals surface area contributed by atoms with E-state index in [1.807, 2.05) is 24.3 Å². The van der Waals surface area contributed by atoms with E-state index < -0.39 is 22.0 Å². The van der Waals surface area contributed by atoms with Gasteiger partial charge in [0.1, 0.15) is 11.9 Å². The molecule has 3 aromatic rings. The van der Waals surface area contributed by atoms with E-state index in [9.17, 15) is 22.8 Å². The first-order chi connectivity index (χ1) is 19.3. The number of carbonyl (C=O) groups excluding carboxylic acids is 1. The summed E-state index contributed by atoms with van der Waals surface area (Å²) in [4.78, 5) is 17.1. The Morgan fingerprint density at radius 1 is 0.800 bits per heavy atom. The molecule has 3 fully saturated rings. The summed E-state index contributed by atoms with van der Waals surface area (Å²) in [6, 6.07) is 20.5. The Labute approximate surface area is 234 Å². The third-order valence-electron chi connectivity index (χ3n) is 8.66. The SMILES string of the molecule is O=C(NO)C1C[C@H]2CCC[C@H]2N1S(=O)(=O)c1ccc(-c2ccc(N3CCN(c4ccc(F)cc4)CC3)cc2)cc1. The fourth-order valence-electron chi connectivity index (χ4n) is 6.57. The Bertz CT molecular complexity index is 1460. The van der Waals surface area contributed by atoms with E-state index in [-0.39, 0.29) is 22.7 Å². The van der Waals surface area contributed by atoms with Crippen LogP contribution in [0.4, 0.5) is 15.8 Å². The minimum Gasteiger partial charge on any atom is -0.368 e. The van der Waals surface area contributed by atoms with Crippen molar-refractivity contribution in [2.75, 3.05) is 36.0 Å². The lowest BCUT2D eigenvalue weighted by molar-refractivity contribution is -0.132. The zero-order chi connectivity index (χ0) is 27.9. The Morgan fingerprint density at radius 3 is 1.88 bits per heavy atom. The molecule has 1 amide bonds. The number of anilines is 2. The van der Waals surface area contributed by atoms with Gasteiger partial charge in [-0.2, -0.15) is 4.31 Å². The van der Waals surface area contributed by atoms with Crippen molar-refractivity contribution >= 4 is 27.3 Å². The van der Waals surface area contributed by atoms with Crippen LogP contribution in [0, 0.1) is 11.7 Å². The highest BCUT2D eigenvalue weighted by Crippen LogP contribution is 2.44. The van der Waals surface area contributed by atoms with Crippen molar-refractivity contribution in [3.63, 3.8) is 0 Å². The molecule has 210 valence electrons. The van der Waals surface area contributed by atoms with Gasteiger partial charge < -0.3 is 9.80 Å². The van der Waals surface area contributed by atoms with Crippen LogP contribution in [0.3, 0.4) is 0 Å². The van der Waals surface area contributed by atoms with Crippen LogP contribution in [0.2, 0.25) is 0 Å². The maximum Gasteiger partial charge on any atom is 0.261 e. The fourth-order valence-corrected chi connectivity index (χ4v) is 8.45. The molecule has 1 saturated carbocycles. The highest BCUT2D eigenvalue weighted by atomic mass is 32.2. The second-order valence-electron chi connectivity index (χ2n) is 10.8. The summed E-state index contributed by atoms with van der Waals surface area (Å²) in [5, 5.41) is 9.21. The zero-order valence-corrected chi connectivity index (χ0v) is 22.9. The van der Waals surface area contributed by atoms with Crippen LogP contribution in [-0.4, -0.2) is 62.1 Å². The average molecular weight is 565 g/mol. The van der Waals surface area contributed by atoms with Gasteiger partial charge in [-0.1, -0.05) is 30.7 Å². The number of nitrogens with one attached hydrogen (secondary N) is 1. The smallest absolute Gasteiger partial charge is 0.261 e. The lowest BCUT2D eigenvalue weighted by atomic mass is 10.0. The van der Waals surface area contributed by atoms with Gasteiger partial charge in [0.25, 0.3) is 5.91 Å². The van der Waals surface area contributed by atoms with E-state index >= 15 is 0 Å². The number of fused-ring (bicyclic) bond motifs is 1. The molecule has 2 aliphatic heterocycles. The number of halogens is 1. The number of piperazine rings is 1. The van der Waals surface area contributed by atoms with Crippen LogP contribution >= 0.6 is 0 Å². The second-order valence-corrected chi connectivity index (χ2v) is 12.7. The molecular weight excluding hydrogens is 531 g/mol. The van der Waals surface area contributed by atoms with E-state index in [1.54, 1.807) is 29.7 Å². The van der Waals surface area contributed by atoms with Crippen LogP contribution in [0.1, 0.15) is 25.7 Å². The highest BCUT2D eigenvalue weighted by molar-refractivity contribution is 7.89. The number of hydroxylamine groups is 1. The Hall–Kier alpha value is -3.47. The minimum atomic E-state index is -3.91. The van der Waals surface area contributed by atoms with Crippen molar-refractivity contribution in [2.24, 2.45) is 5.92 Å². The largest absolute Gasteiger partial charge is 0.368 e. The molecule has 2 N–H and O–H groups in total. The van der Waals surface area contributed by atoms with E-state index in [2.05, 4.69) is 21.9 Å². The molecule has 3 aromatic carbocycles. The lowest BCUT2D eigenvalue weighted by Gasteiger charge is -2.37. The predicted octanol–water partition coefficient (Wildman–Crippen LogP) is 4.26. The summed E-state index contributed by atoms with van der Waals surface area (Å²) in [5.41, 5.74) is 5.68. The molecule has 8 nitrogen and oxygen atoms in total. The molecule has 40 heavy (non-hydrogen) atoms. The summed E-state index contributed by atoms with van der Waals surface area (Å²) < 4.78 is 41.9. The molecule has 1 unspecified atom stereocenters. The number of sulfonamides is 1. The van der Waals surface area contributed by atoms with Gasteiger partial charge in [-0.25, -0.2) is 18.3 Å². The van der Waals surface area contributed by atoms with E-state index in [0.717, 1.165) is 67.9 Å². The van der Waals surface area contributed by atoms with Gasteiger partial charge in [0.2, 0.25) is 10.0 Å². The van der Waals surface area contributed by atoms with Crippen LogP contribution in [0.5, 0.6) is 0 Å². The normalized spacial score (nSPS) is 23.3. The van der Waals surface area contributed by atoms with Crippen molar-refractivity contribution in [1.29, 1.82) is 0 Å². The standard InChI is InChI=1S/C30H33FN4O4S/c31-24-8-12-26(13-9-24)34-18-16-33(17-19-34)25-10-4-21(5-11-25)22-6-14-27(15-7-22)40(38,39)35-28-3-1-2-23(28)20-29(35)30(36)32-37/h4-15,23,28-29,37H,1-3,16-20H2,(H,32,36)/t23-,28-,29?/m1/s1. The molecule has 3 atom stereocenters. The molecular formula is C30H33FN4O4S. The third kappa shape index (κ3) is 4.95. The molecule has 6 rings (SSSR count). The molecule has 0 aromatic heterocycles. The number of benzene rings is 3. The highest BCUT2D eigenvalue weighted by Gasteiger charge is 2.52.